The fraction of sp³-hybridized carbons (Fsp3) is 0.250. The number of hydrogen-bond acceptors (Lipinski definition) is 8. The van der Waals surface area contributed by atoms with E-state index in [0.29, 0.717) is 18.4 Å². The fourth-order valence-corrected chi connectivity index (χ4v) is 2.50. The number of thiazole rings is 1. The molecule has 0 aromatic carbocycles. The van der Waals surface area contributed by atoms with Gasteiger partial charge in [-0.15, -0.1) is 11.3 Å². The Hall–Kier alpha value is -2.55. The maximum atomic E-state index is 5.71. The van der Waals surface area contributed by atoms with Gasteiger partial charge in [0.15, 0.2) is 0 Å². The molecule has 0 aliphatic rings. The Balaban J connectivity index is 1.76. The lowest BCUT2D eigenvalue weighted by Gasteiger charge is -2.06. The molecule has 0 spiro atoms. The zero-order valence-corrected chi connectivity index (χ0v) is 12.2. The number of anilines is 2. The topological polar surface area (TPSA) is 107 Å². The van der Waals surface area contributed by atoms with E-state index >= 15 is 0 Å². The predicted octanol–water partition coefficient (Wildman–Crippen LogP) is 1.27. The van der Waals surface area contributed by atoms with Crippen molar-refractivity contribution in [2.45, 2.75) is 19.9 Å². The molecule has 0 amide bonds. The number of aryl methyl sites for hydroxylation is 1. The van der Waals surface area contributed by atoms with Crippen molar-refractivity contribution in [3.63, 3.8) is 0 Å². The monoisotopic (exact) mass is 302 g/mol. The zero-order valence-electron chi connectivity index (χ0n) is 11.4. The molecule has 8 nitrogen and oxygen atoms in total. The van der Waals surface area contributed by atoms with Crippen molar-refractivity contribution in [3.8, 4) is 5.95 Å². The smallest absolute Gasteiger partial charge is 0.241 e. The molecule has 0 unspecified atom stereocenters. The van der Waals surface area contributed by atoms with Crippen LogP contribution < -0.4 is 11.1 Å². The highest BCUT2D eigenvalue weighted by molar-refractivity contribution is 7.11. The number of nitrogen functional groups attached to an aromatic ring is 1. The lowest BCUT2D eigenvalue weighted by molar-refractivity contribution is 0.894. The molecule has 3 aromatic heterocycles. The highest BCUT2D eigenvalue weighted by atomic mass is 32.1. The van der Waals surface area contributed by atoms with Crippen molar-refractivity contribution in [2.24, 2.45) is 0 Å². The summed E-state index contributed by atoms with van der Waals surface area (Å²) in [4.78, 5) is 22.0. The number of hydrogen-bond donors (Lipinski definition) is 2. The fourth-order valence-electron chi connectivity index (χ4n) is 1.70. The summed E-state index contributed by atoms with van der Waals surface area (Å²) in [6.07, 6.45) is 7.87. The maximum absolute atomic E-state index is 5.71. The van der Waals surface area contributed by atoms with Crippen molar-refractivity contribution >= 4 is 23.2 Å². The van der Waals surface area contributed by atoms with Crippen LogP contribution in [0.3, 0.4) is 0 Å². The molecule has 21 heavy (non-hydrogen) atoms. The number of aromatic nitrogens is 6. The summed E-state index contributed by atoms with van der Waals surface area (Å²) in [7, 11) is 0. The third kappa shape index (κ3) is 3.14. The first-order valence-electron chi connectivity index (χ1n) is 6.42. The van der Waals surface area contributed by atoms with E-state index in [1.54, 1.807) is 34.6 Å². The van der Waals surface area contributed by atoms with Crippen LogP contribution in [-0.4, -0.2) is 29.5 Å². The maximum Gasteiger partial charge on any atom is 0.241 e. The van der Waals surface area contributed by atoms with E-state index in [1.807, 2.05) is 6.20 Å². The van der Waals surface area contributed by atoms with Gasteiger partial charge in [0, 0.05) is 23.5 Å². The van der Waals surface area contributed by atoms with Gasteiger partial charge in [-0.05, 0) is 6.42 Å². The summed E-state index contributed by atoms with van der Waals surface area (Å²) in [5.74, 6) is 1.000. The number of nitrogens with zero attached hydrogens (tertiary/aromatic N) is 6. The van der Waals surface area contributed by atoms with Gasteiger partial charge in [-0.2, -0.15) is 15.0 Å². The SMILES string of the molecule is CCc1cnc(CNc2nc(N)nc(-n3ccnc3)n2)s1. The molecule has 0 aliphatic heterocycles. The molecule has 0 aliphatic carbocycles. The highest BCUT2D eigenvalue weighted by Gasteiger charge is 2.07. The first-order chi connectivity index (χ1) is 10.2. The van der Waals surface area contributed by atoms with E-state index in [1.165, 1.54) is 4.88 Å². The van der Waals surface area contributed by atoms with E-state index in [-0.39, 0.29) is 5.95 Å². The van der Waals surface area contributed by atoms with E-state index in [4.69, 9.17) is 5.73 Å². The van der Waals surface area contributed by atoms with Crippen molar-refractivity contribution in [2.75, 3.05) is 11.1 Å². The van der Waals surface area contributed by atoms with Gasteiger partial charge in [-0.25, -0.2) is 9.97 Å². The Morgan fingerprint density at radius 3 is 2.95 bits per heavy atom. The molecule has 0 saturated heterocycles. The molecule has 0 bridgehead atoms. The second-order valence-corrected chi connectivity index (χ2v) is 5.41. The Bertz CT molecular complexity index is 721. The van der Waals surface area contributed by atoms with Gasteiger partial charge in [0.1, 0.15) is 11.3 Å². The van der Waals surface area contributed by atoms with Crippen LogP contribution in [-0.2, 0) is 13.0 Å². The molecule has 0 radical (unpaired) electrons. The third-order valence-electron chi connectivity index (χ3n) is 2.72. The van der Waals surface area contributed by atoms with E-state index < -0.39 is 0 Å². The number of imidazole rings is 1. The molecule has 3 rings (SSSR count). The summed E-state index contributed by atoms with van der Waals surface area (Å²) in [5, 5.41) is 4.09. The van der Waals surface area contributed by atoms with Crippen LogP contribution in [0.15, 0.2) is 24.9 Å². The van der Waals surface area contributed by atoms with Gasteiger partial charge in [-0.3, -0.25) is 4.57 Å². The van der Waals surface area contributed by atoms with Crippen molar-refractivity contribution < 1.29 is 0 Å². The Morgan fingerprint density at radius 2 is 2.24 bits per heavy atom. The summed E-state index contributed by atoms with van der Waals surface area (Å²) in [6, 6.07) is 0. The van der Waals surface area contributed by atoms with Crippen molar-refractivity contribution in [1.29, 1.82) is 0 Å². The summed E-state index contributed by atoms with van der Waals surface area (Å²) in [6.45, 7) is 2.66. The van der Waals surface area contributed by atoms with Crippen LogP contribution in [0, 0.1) is 0 Å². The number of nitrogens with two attached hydrogens (primary N) is 1. The van der Waals surface area contributed by atoms with Crippen LogP contribution in [0.1, 0.15) is 16.8 Å². The van der Waals surface area contributed by atoms with Gasteiger partial charge >= 0.3 is 0 Å². The van der Waals surface area contributed by atoms with Crippen LogP contribution in [0.2, 0.25) is 0 Å². The lowest BCUT2D eigenvalue weighted by atomic mass is 10.4. The summed E-state index contributed by atoms with van der Waals surface area (Å²) >= 11 is 1.67. The molecular formula is C12H14N8S. The van der Waals surface area contributed by atoms with Crippen LogP contribution in [0.4, 0.5) is 11.9 Å². The minimum absolute atomic E-state index is 0.157. The Kier molecular flexibility index (Phi) is 3.73. The Morgan fingerprint density at radius 1 is 1.33 bits per heavy atom. The summed E-state index contributed by atoms with van der Waals surface area (Å²) in [5.41, 5.74) is 5.71. The molecule has 0 fully saturated rings. The largest absolute Gasteiger partial charge is 0.368 e. The lowest BCUT2D eigenvalue weighted by Crippen LogP contribution is -2.10. The van der Waals surface area contributed by atoms with E-state index in [9.17, 15) is 0 Å². The predicted molar refractivity (Wildman–Crippen MR) is 80.2 cm³/mol. The molecule has 0 atom stereocenters. The van der Waals surface area contributed by atoms with Crippen LogP contribution in [0.5, 0.6) is 0 Å². The second-order valence-electron chi connectivity index (χ2n) is 4.21. The quantitative estimate of drug-likeness (QED) is 0.730. The first kappa shape index (κ1) is 13.4. The highest BCUT2D eigenvalue weighted by Crippen LogP contribution is 2.15. The molecule has 3 heterocycles. The summed E-state index contributed by atoms with van der Waals surface area (Å²) < 4.78 is 1.67. The van der Waals surface area contributed by atoms with E-state index in [0.717, 1.165) is 11.4 Å². The molecule has 9 heteroatoms. The number of rotatable bonds is 5. The average Bonchev–Trinajstić information content (AvgIpc) is 3.16. The standard InChI is InChI=1S/C12H14N8S/c1-2-8-5-15-9(21-8)6-16-11-17-10(13)18-12(19-11)20-4-3-14-7-20/h3-5,7H,2,6H2,1H3,(H3,13,16,17,18,19). The third-order valence-corrected chi connectivity index (χ3v) is 3.87. The van der Waals surface area contributed by atoms with Crippen molar-refractivity contribution in [3.05, 3.63) is 34.8 Å². The molecule has 108 valence electrons. The van der Waals surface area contributed by atoms with Gasteiger partial charge < -0.3 is 11.1 Å². The molecule has 3 aromatic rings. The Labute approximate surface area is 125 Å². The minimum Gasteiger partial charge on any atom is -0.368 e. The minimum atomic E-state index is 0.157. The van der Waals surface area contributed by atoms with Gasteiger partial charge in [0.25, 0.3) is 0 Å². The molecular weight excluding hydrogens is 288 g/mol. The van der Waals surface area contributed by atoms with E-state index in [2.05, 4.69) is 37.2 Å². The van der Waals surface area contributed by atoms with Gasteiger partial charge in [0.05, 0.1) is 6.54 Å². The van der Waals surface area contributed by atoms with Crippen molar-refractivity contribution in [1.82, 2.24) is 29.5 Å². The van der Waals surface area contributed by atoms with Crippen LogP contribution >= 0.6 is 11.3 Å². The first-order valence-corrected chi connectivity index (χ1v) is 7.23. The molecule has 3 N–H and O–H groups in total. The van der Waals surface area contributed by atoms with Gasteiger partial charge in [-0.1, -0.05) is 6.92 Å². The second kappa shape index (κ2) is 5.83. The molecule has 0 saturated carbocycles. The van der Waals surface area contributed by atoms with Crippen LogP contribution in [0.25, 0.3) is 5.95 Å². The normalized spacial score (nSPS) is 10.7. The van der Waals surface area contributed by atoms with Gasteiger partial charge in [0.2, 0.25) is 17.8 Å². The zero-order chi connectivity index (χ0) is 14.7. The number of nitrogens with one attached hydrogen (secondary N) is 1. The average molecular weight is 302 g/mol.